The Morgan fingerprint density at radius 2 is 1.33 bits per heavy atom. The number of hydrogen-bond donors (Lipinski definition) is 0. The van der Waals surface area contributed by atoms with Crippen LogP contribution in [0.25, 0.3) is 0 Å². The Labute approximate surface area is 135 Å². The van der Waals surface area contributed by atoms with E-state index in [2.05, 4.69) is 31.2 Å². The summed E-state index contributed by atoms with van der Waals surface area (Å²) in [5.41, 5.74) is 1.51. The van der Waals surface area contributed by atoms with E-state index < -0.39 is 0 Å². The second kappa shape index (κ2) is 7.18. The Bertz CT molecular complexity index is 420. The summed E-state index contributed by atoms with van der Waals surface area (Å²) in [5.74, 6) is 3.88. The summed E-state index contributed by atoms with van der Waals surface area (Å²) in [6, 6.07) is 8.57. The molecule has 0 nitrogen and oxygen atoms in total. The molecule has 2 fully saturated rings. The molecule has 116 valence electrons. The molecular formula is C20H29Cl. The van der Waals surface area contributed by atoms with Crippen LogP contribution in [-0.4, -0.2) is 0 Å². The van der Waals surface area contributed by atoms with Crippen LogP contribution in [0.4, 0.5) is 0 Å². The van der Waals surface area contributed by atoms with Crippen molar-refractivity contribution in [1.29, 1.82) is 0 Å². The maximum absolute atomic E-state index is 6.00. The van der Waals surface area contributed by atoms with Crippen LogP contribution in [0.1, 0.15) is 76.2 Å². The molecule has 0 radical (unpaired) electrons. The van der Waals surface area contributed by atoms with Crippen LogP contribution in [0.2, 0.25) is 5.02 Å². The highest BCUT2D eigenvalue weighted by Crippen LogP contribution is 2.44. The average Bonchev–Trinajstić information content (AvgIpc) is 2.56. The molecule has 0 heterocycles. The molecule has 0 saturated heterocycles. The molecule has 1 aromatic carbocycles. The third kappa shape index (κ3) is 3.83. The van der Waals surface area contributed by atoms with Gasteiger partial charge in [-0.05, 0) is 79.9 Å². The molecule has 0 spiro atoms. The lowest BCUT2D eigenvalue weighted by molar-refractivity contribution is 0.158. The van der Waals surface area contributed by atoms with Gasteiger partial charge in [-0.2, -0.15) is 0 Å². The van der Waals surface area contributed by atoms with Crippen LogP contribution in [0.5, 0.6) is 0 Å². The molecule has 0 aromatic heterocycles. The van der Waals surface area contributed by atoms with E-state index in [4.69, 9.17) is 11.6 Å². The minimum Gasteiger partial charge on any atom is -0.0843 e. The van der Waals surface area contributed by atoms with Crippen molar-refractivity contribution < 1.29 is 0 Å². The van der Waals surface area contributed by atoms with Crippen LogP contribution < -0.4 is 0 Å². The fourth-order valence-electron chi connectivity index (χ4n) is 4.73. The first-order valence-corrected chi connectivity index (χ1v) is 9.39. The Balaban J connectivity index is 1.50. The van der Waals surface area contributed by atoms with Crippen LogP contribution in [-0.2, 0) is 0 Å². The van der Waals surface area contributed by atoms with Crippen molar-refractivity contribution in [1.82, 2.24) is 0 Å². The van der Waals surface area contributed by atoms with Crippen molar-refractivity contribution in [2.75, 3.05) is 0 Å². The molecule has 0 bridgehead atoms. The molecule has 1 aromatic rings. The number of rotatable bonds is 3. The summed E-state index contributed by atoms with van der Waals surface area (Å²) in [5, 5.41) is 0.861. The third-order valence-electron chi connectivity index (χ3n) is 6.25. The average molecular weight is 305 g/mol. The van der Waals surface area contributed by atoms with E-state index in [1.807, 2.05) is 0 Å². The molecule has 21 heavy (non-hydrogen) atoms. The Kier molecular flexibility index (Phi) is 5.27. The van der Waals surface area contributed by atoms with Crippen LogP contribution in [0.3, 0.4) is 0 Å². The lowest BCUT2D eigenvalue weighted by Gasteiger charge is -2.38. The lowest BCUT2D eigenvalue weighted by atomic mass is 9.68. The van der Waals surface area contributed by atoms with Gasteiger partial charge in [0, 0.05) is 5.02 Å². The smallest absolute Gasteiger partial charge is 0.0406 e. The summed E-state index contributed by atoms with van der Waals surface area (Å²) in [4.78, 5) is 0. The van der Waals surface area contributed by atoms with E-state index in [1.54, 1.807) is 0 Å². The van der Waals surface area contributed by atoms with E-state index in [0.717, 1.165) is 28.7 Å². The molecule has 0 unspecified atom stereocenters. The summed E-state index contributed by atoms with van der Waals surface area (Å²) in [6.07, 6.45) is 13.1. The molecule has 0 atom stereocenters. The van der Waals surface area contributed by atoms with Gasteiger partial charge in [0.2, 0.25) is 0 Å². The van der Waals surface area contributed by atoms with Gasteiger partial charge in [0.1, 0.15) is 0 Å². The molecule has 3 rings (SSSR count). The van der Waals surface area contributed by atoms with Crippen LogP contribution >= 0.6 is 11.6 Å². The van der Waals surface area contributed by atoms with Crippen molar-refractivity contribution in [3.63, 3.8) is 0 Å². The molecule has 0 aliphatic heterocycles. The van der Waals surface area contributed by atoms with Gasteiger partial charge in [0.05, 0.1) is 0 Å². The molecule has 0 N–H and O–H groups in total. The predicted octanol–water partition coefficient (Wildman–Crippen LogP) is 6.83. The van der Waals surface area contributed by atoms with E-state index >= 15 is 0 Å². The van der Waals surface area contributed by atoms with E-state index in [0.29, 0.717) is 0 Å². The van der Waals surface area contributed by atoms with E-state index in [1.165, 1.54) is 63.4 Å². The number of hydrogen-bond acceptors (Lipinski definition) is 0. The highest BCUT2D eigenvalue weighted by molar-refractivity contribution is 6.30. The van der Waals surface area contributed by atoms with Crippen molar-refractivity contribution >= 4 is 11.6 Å². The van der Waals surface area contributed by atoms with Crippen LogP contribution in [0, 0.1) is 17.8 Å². The quantitative estimate of drug-likeness (QED) is 0.574. The zero-order chi connectivity index (χ0) is 14.7. The van der Waals surface area contributed by atoms with Gasteiger partial charge < -0.3 is 0 Å². The van der Waals surface area contributed by atoms with Gasteiger partial charge in [0.15, 0.2) is 0 Å². The predicted molar refractivity (Wildman–Crippen MR) is 91.9 cm³/mol. The van der Waals surface area contributed by atoms with Crippen molar-refractivity contribution in [3.8, 4) is 0 Å². The normalized spacial score (nSPS) is 33.8. The zero-order valence-electron chi connectivity index (χ0n) is 13.4. The Morgan fingerprint density at radius 3 is 1.86 bits per heavy atom. The third-order valence-corrected chi connectivity index (χ3v) is 6.50. The topological polar surface area (TPSA) is 0 Å². The SMILES string of the molecule is CC[C@H]1CC[C@H](C2CCC(c3ccc(Cl)cc3)CC2)CC1. The first kappa shape index (κ1) is 15.4. The van der Waals surface area contributed by atoms with Gasteiger partial charge in [-0.25, -0.2) is 0 Å². The van der Waals surface area contributed by atoms with Crippen LogP contribution in [0.15, 0.2) is 24.3 Å². The molecule has 2 saturated carbocycles. The number of halogens is 1. The van der Waals surface area contributed by atoms with Crippen molar-refractivity contribution in [2.45, 2.75) is 70.6 Å². The summed E-state index contributed by atoms with van der Waals surface area (Å²) < 4.78 is 0. The monoisotopic (exact) mass is 304 g/mol. The highest BCUT2D eigenvalue weighted by atomic mass is 35.5. The Hall–Kier alpha value is -0.490. The first-order chi connectivity index (χ1) is 10.3. The summed E-state index contributed by atoms with van der Waals surface area (Å²) in [7, 11) is 0. The van der Waals surface area contributed by atoms with E-state index in [-0.39, 0.29) is 0 Å². The molecule has 1 heteroatoms. The van der Waals surface area contributed by atoms with Gasteiger partial charge in [-0.15, -0.1) is 0 Å². The lowest BCUT2D eigenvalue weighted by Crippen LogP contribution is -2.25. The molecule has 2 aliphatic rings. The second-order valence-corrected chi connectivity index (χ2v) is 7.79. The molecule has 2 aliphatic carbocycles. The minimum absolute atomic E-state index is 0.783. The van der Waals surface area contributed by atoms with Gasteiger partial charge >= 0.3 is 0 Å². The zero-order valence-corrected chi connectivity index (χ0v) is 14.1. The highest BCUT2D eigenvalue weighted by Gasteiger charge is 2.30. The largest absolute Gasteiger partial charge is 0.0843 e. The summed E-state index contributed by atoms with van der Waals surface area (Å²) >= 11 is 6.00. The van der Waals surface area contributed by atoms with Crippen molar-refractivity contribution in [3.05, 3.63) is 34.9 Å². The summed E-state index contributed by atoms with van der Waals surface area (Å²) in [6.45, 7) is 2.36. The van der Waals surface area contributed by atoms with Crippen molar-refractivity contribution in [2.24, 2.45) is 17.8 Å². The van der Waals surface area contributed by atoms with Gasteiger partial charge in [-0.3, -0.25) is 0 Å². The van der Waals surface area contributed by atoms with E-state index in [9.17, 15) is 0 Å². The number of benzene rings is 1. The molecular weight excluding hydrogens is 276 g/mol. The minimum atomic E-state index is 0.783. The molecule has 0 amide bonds. The Morgan fingerprint density at radius 1 is 0.810 bits per heavy atom. The standard InChI is InChI=1S/C20H29Cl/c1-2-15-3-5-16(6-4-15)17-7-9-18(10-8-17)19-11-13-20(21)14-12-19/h11-18H,2-10H2,1H3/t15-,16-,17?,18?. The first-order valence-electron chi connectivity index (χ1n) is 9.01. The van der Waals surface area contributed by atoms with Gasteiger partial charge in [0.25, 0.3) is 0 Å². The van der Waals surface area contributed by atoms with Gasteiger partial charge in [-0.1, -0.05) is 49.9 Å². The maximum Gasteiger partial charge on any atom is 0.0406 e. The fourth-order valence-corrected chi connectivity index (χ4v) is 4.85. The maximum atomic E-state index is 6.00. The fraction of sp³-hybridized carbons (Fsp3) is 0.700. The second-order valence-electron chi connectivity index (χ2n) is 7.35.